The molecule has 1 atom stereocenters. The molecule has 0 aliphatic carbocycles. The fraction of sp³-hybridized carbons (Fsp3) is 0.120. The molecule has 5 nitrogen and oxygen atoms in total. The second kappa shape index (κ2) is 7.60. The molecule has 0 saturated heterocycles. The van der Waals surface area contributed by atoms with Crippen molar-refractivity contribution in [3.8, 4) is 11.1 Å². The van der Waals surface area contributed by atoms with Gasteiger partial charge in [-0.25, -0.2) is 0 Å². The maximum absolute atomic E-state index is 13.0. The third-order valence-electron chi connectivity index (χ3n) is 5.79. The van der Waals surface area contributed by atoms with E-state index in [1.54, 1.807) is 25.2 Å². The van der Waals surface area contributed by atoms with E-state index in [1.807, 2.05) is 42.6 Å². The van der Waals surface area contributed by atoms with Crippen molar-refractivity contribution in [2.45, 2.75) is 12.5 Å². The Hall–Kier alpha value is -3.57. The predicted octanol–water partition coefficient (Wildman–Crippen LogP) is 4.81. The molecule has 154 valence electrons. The van der Waals surface area contributed by atoms with Crippen LogP contribution in [0.2, 0.25) is 5.02 Å². The van der Waals surface area contributed by atoms with Gasteiger partial charge in [-0.2, -0.15) is 0 Å². The molecule has 1 aliphatic heterocycles. The van der Waals surface area contributed by atoms with E-state index in [0.29, 0.717) is 22.7 Å². The standard InChI is InChI=1S/C25H20ClN3O2/c1-29-23-11-10-17(26)13-19(23)24(30)28-22(25(29)31)12-15-6-8-16(9-7-15)20-14-27-21-5-3-2-4-18(20)21/h2-11,13-14,22,27H,12H2,1H3,(H,28,30). The van der Waals surface area contributed by atoms with E-state index in [9.17, 15) is 9.59 Å². The predicted molar refractivity (Wildman–Crippen MR) is 124 cm³/mol. The van der Waals surface area contributed by atoms with Crippen LogP contribution in [0.3, 0.4) is 0 Å². The Kier molecular flexibility index (Phi) is 4.75. The van der Waals surface area contributed by atoms with E-state index in [1.165, 1.54) is 10.3 Å². The van der Waals surface area contributed by atoms with Gasteiger partial charge < -0.3 is 15.2 Å². The number of hydrogen-bond acceptors (Lipinski definition) is 2. The van der Waals surface area contributed by atoms with Crippen molar-refractivity contribution in [2.24, 2.45) is 0 Å². The summed E-state index contributed by atoms with van der Waals surface area (Å²) >= 11 is 6.05. The van der Waals surface area contributed by atoms with E-state index < -0.39 is 6.04 Å². The number of likely N-dealkylation sites (N-methyl/N-ethyl adjacent to an activating group) is 1. The molecule has 1 aliphatic rings. The first kappa shape index (κ1) is 19.4. The Morgan fingerprint density at radius 3 is 2.55 bits per heavy atom. The number of carbonyl (C=O) groups excluding carboxylic acids is 2. The zero-order valence-electron chi connectivity index (χ0n) is 16.9. The molecule has 1 unspecified atom stereocenters. The van der Waals surface area contributed by atoms with Crippen LogP contribution in [0.1, 0.15) is 15.9 Å². The van der Waals surface area contributed by atoms with Gasteiger partial charge in [0.15, 0.2) is 0 Å². The third-order valence-corrected chi connectivity index (χ3v) is 6.03. The summed E-state index contributed by atoms with van der Waals surface area (Å²) in [6, 6.07) is 20.6. The quantitative estimate of drug-likeness (QED) is 0.491. The number of anilines is 1. The normalized spacial score (nSPS) is 16.2. The number of nitrogens with zero attached hydrogens (tertiary/aromatic N) is 1. The van der Waals surface area contributed by atoms with E-state index in [-0.39, 0.29) is 11.8 Å². The Labute approximate surface area is 184 Å². The number of amides is 2. The van der Waals surface area contributed by atoms with Crippen LogP contribution >= 0.6 is 11.6 Å². The van der Waals surface area contributed by atoms with Gasteiger partial charge in [0.1, 0.15) is 6.04 Å². The molecular formula is C25H20ClN3O2. The summed E-state index contributed by atoms with van der Waals surface area (Å²) in [7, 11) is 1.68. The Morgan fingerprint density at radius 2 is 1.74 bits per heavy atom. The number of carbonyl (C=O) groups is 2. The van der Waals surface area contributed by atoms with Gasteiger partial charge in [0, 0.05) is 41.2 Å². The van der Waals surface area contributed by atoms with Crippen LogP contribution in [0.4, 0.5) is 5.69 Å². The topological polar surface area (TPSA) is 65.2 Å². The fourth-order valence-electron chi connectivity index (χ4n) is 4.14. The van der Waals surface area contributed by atoms with Crippen LogP contribution in [-0.4, -0.2) is 29.9 Å². The summed E-state index contributed by atoms with van der Waals surface area (Å²) in [6.45, 7) is 0. The molecule has 6 heteroatoms. The maximum atomic E-state index is 13.0. The number of hydrogen-bond donors (Lipinski definition) is 2. The molecule has 5 rings (SSSR count). The molecule has 2 N–H and O–H groups in total. The molecule has 4 aromatic rings. The molecule has 0 spiro atoms. The molecule has 0 bridgehead atoms. The number of aromatic amines is 1. The smallest absolute Gasteiger partial charge is 0.254 e. The minimum absolute atomic E-state index is 0.157. The number of aromatic nitrogens is 1. The van der Waals surface area contributed by atoms with Gasteiger partial charge in [0.2, 0.25) is 5.91 Å². The average molecular weight is 430 g/mol. The van der Waals surface area contributed by atoms with E-state index in [0.717, 1.165) is 22.2 Å². The van der Waals surface area contributed by atoms with Crippen LogP contribution in [0.25, 0.3) is 22.0 Å². The van der Waals surface area contributed by atoms with Crippen molar-refractivity contribution < 1.29 is 9.59 Å². The Bertz CT molecular complexity index is 1310. The molecule has 0 fully saturated rings. The zero-order valence-corrected chi connectivity index (χ0v) is 17.6. The highest BCUT2D eigenvalue weighted by molar-refractivity contribution is 6.31. The zero-order chi connectivity index (χ0) is 21.5. The summed E-state index contributed by atoms with van der Waals surface area (Å²) in [6.07, 6.45) is 2.41. The number of halogens is 1. The highest BCUT2D eigenvalue weighted by atomic mass is 35.5. The number of para-hydroxylation sites is 1. The van der Waals surface area contributed by atoms with Crippen molar-refractivity contribution in [3.05, 3.63) is 89.1 Å². The van der Waals surface area contributed by atoms with Crippen LogP contribution in [0.5, 0.6) is 0 Å². The second-order valence-electron chi connectivity index (χ2n) is 7.73. The summed E-state index contributed by atoms with van der Waals surface area (Å²) in [4.78, 5) is 30.6. The van der Waals surface area contributed by atoms with Gasteiger partial charge >= 0.3 is 0 Å². The SMILES string of the molecule is CN1C(=O)C(Cc2ccc(-c3c[nH]c4ccccc34)cc2)NC(=O)c2cc(Cl)ccc21. The van der Waals surface area contributed by atoms with Crippen molar-refractivity contribution in [2.75, 3.05) is 11.9 Å². The lowest BCUT2D eigenvalue weighted by atomic mass is 10.00. The highest BCUT2D eigenvalue weighted by Gasteiger charge is 2.32. The highest BCUT2D eigenvalue weighted by Crippen LogP contribution is 2.30. The van der Waals surface area contributed by atoms with E-state index >= 15 is 0 Å². The molecule has 1 aromatic heterocycles. The number of fused-ring (bicyclic) bond motifs is 2. The molecule has 0 radical (unpaired) electrons. The molecule has 3 aromatic carbocycles. The summed E-state index contributed by atoms with van der Waals surface area (Å²) in [5.41, 5.74) is 5.25. The summed E-state index contributed by atoms with van der Waals surface area (Å²) in [5, 5.41) is 4.49. The van der Waals surface area contributed by atoms with Crippen molar-refractivity contribution >= 4 is 40.0 Å². The first-order valence-corrected chi connectivity index (χ1v) is 10.4. The Balaban J connectivity index is 1.40. The molecule has 31 heavy (non-hydrogen) atoms. The number of H-pyrrole nitrogens is 1. The lowest BCUT2D eigenvalue weighted by Gasteiger charge is -2.21. The van der Waals surface area contributed by atoms with Gasteiger partial charge in [-0.05, 0) is 35.4 Å². The fourth-order valence-corrected chi connectivity index (χ4v) is 4.31. The number of nitrogens with one attached hydrogen (secondary N) is 2. The lowest BCUT2D eigenvalue weighted by molar-refractivity contribution is -0.120. The van der Waals surface area contributed by atoms with E-state index in [2.05, 4.69) is 22.4 Å². The third kappa shape index (κ3) is 3.47. The first-order chi connectivity index (χ1) is 15.0. The van der Waals surface area contributed by atoms with Crippen LogP contribution < -0.4 is 10.2 Å². The molecular weight excluding hydrogens is 410 g/mol. The minimum Gasteiger partial charge on any atom is -0.361 e. The van der Waals surface area contributed by atoms with Gasteiger partial charge in [-0.3, -0.25) is 9.59 Å². The number of rotatable bonds is 3. The lowest BCUT2D eigenvalue weighted by Crippen LogP contribution is -2.45. The van der Waals surface area contributed by atoms with Crippen LogP contribution in [-0.2, 0) is 11.2 Å². The Morgan fingerprint density at radius 1 is 0.968 bits per heavy atom. The van der Waals surface area contributed by atoms with Crippen molar-refractivity contribution in [3.63, 3.8) is 0 Å². The maximum Gasteiger partial charge on any atom is 0.254 e. The average Bonchev–Trinajstić information content (AvgIpc) is 3.19. The van der Waals surface area contributed by atoms with Gasteiger partial charge in [-0.1, -0.05) is 54.1 Å². The van der Waals surface area contributed by atoms with E-state index in [4.69, 9.17) is 11.6 Å². The van der Waals surface area contributed by atoms with Gasteiger partial charge in [0.25, 0.3) is 5.91 Å². The molecule has 0 saturated carbocycles. The van der Waals surface area contributed by atoms with Gasteiger partial charge in [-0.15, -0.1) is 0 Å². The summed E-state index contributed by atoms with van der Waals surface area (Å²) in [5.74, 6) is -0.453. The molecule has 2 amide bonds. The van der Waals surface area contributed by atoms with Crippen LogP contribution in [0, 0.1) is 0 Å². The first-order valence-electron chi connectivity index (χ1n) is 10.0. The monoisotopic (exact) mass is 429 g/mol. The van der Waals surface area contributed by atoms with Gasteiger partial charge in [0.05, 0.1) is 11.3 Å². The minimum atomic E-state index is -0.650. The van der Waals surface area contributed by atoms with Crippen molar-refractivity contribution in [1.29, 1.82) is 0 Å². The van der Waals surface area contributed by atoms with Crippen molar-refractivity contribution in [1.82, 2.24) is 10.3 Å². The largest absolute Gasteiger partial charge is 0.361 e. The van der Waals surface area contributed by atoms with Crippen LogP contribution in [0.15, 0.2) is 72.9 Å². The summed E-state index contributed by atoms with van der Waals surface area (Å²) < 4.78 is 0. The molecule has 2 heterocycles. The number of benzene rings is 3. The second-order valence-corrected chi connectivity index (χ2v) is 8.17.